The van der Waals surface area contributed by atoms with E-state index in [1.807, 2.05) is 18.2 Å². The maximum atomic E-state index is 4.53. The van der Waals surface area contributed by atoms with Crippen LogP contribution in [0.2, 0.25) is 0 Å². The summed E-state index contributed by atoms with van der Waals surface area (Å²) >= 11 is 3.09. The summed E-state index contributed by atoms with van der Waals surface area (Å²) in [4.78, 5) is 8.66. The average Bonchev–Trinajstić information content (AvgIpc) is 2.87. The summed E-state index contributed by atoms with van der Waals surface area (Å²) in [6.07, 6.45) is 2.69. The fourth-order valence-electron chi connectivity index (χ4n) is 1.27. The van der Waals surface area contributed by atoms with E-state index in [1.165, 1.54) is 11.5 Å². The molecular formula is C11H14N4S2. The third-order valence-electron chi connectivity index (χ3n) is 2.05. The standard InChI is InChI=1S/C11H14N4S2/c1-2-6-12-10-5-3-4-9(15-10)7-16-11-13-8-14-17-11/h3-5,8H,2,6-7H2,1H3,(H,12,15). The van der Waals surface area contributed by atoms with Crippen molar-refractivity contribution in [3.05, 3.63) is 30.2 Å². The van der Waals surface area contributed by atoms with Crippen molar-refractivity contribution in [2.24, 2.45) is 0 Å². The first-order chi connectivity index (χ1) is 8.38. The highest BCUT2D eigenvalue weighted by Gasteiger charge is 2.01. The molecule has 0 bridgehead atoms. The average molecular weight is 266 g/mol. The number of rotatable bonds is 6. The molecule has 2 heterocycles. The van der Waals surface area contributed by atoms with Crippen molar-refractivity contribution in [2.75, 3.05) is 11.9 Å². The van der Waals surface area contributed by atoms with Crippen LogP contribution < -0.4 is 5.32 Å². The van der Waals surface area contributed by atoms with E-state index in [2.05, 4.69) is 26.6 Å². The van der Waals surface area contributed by atoms with Gasteiger partial charge in [-0.05, 0) is 30.1 Å². The summed E-state index contributed by atoms with van der Waals surface area (Å²) in [6.45, 7) is 3.10. The molecule has 2 rings (SSSR count). The lowest BCUT2D eigenvalue weighted by Gasteiger charge is -2.05. The Morgan fingerprint density at radius 2 is 2.35 bits per heavy atom. The summed E-state index contributed by atoms with van der Waals surface area (Å²) in [5, 5.41) is 3.28. The minimum absolute atomic E-state index is 0.830. The normalized spacial score (nSPS) is 10.4. The molecule has 0 saturated heterocycles. The van der Waals surface area contributed by atoms with Gasteiger partial charge in [0.25, 0.3) is 0 Å². The Bertz CT molecular complexity index is 444. The Hall–Kier alpha value is -1.14. The third-order valence-corrected chi connectivity index (χ3v) is 3.88. The molecular weight excluding hydrogens is 252 g/mol. The van der Waals surface area contributed by atoms with Crippen LogP contribution in [0.15, 0.2) is 28.9 Å². The predicted octanol–water partition coefficient (Wildman–Crippen LogP) is 3.05. The van der Waals surface area contributed by atoms with Crippen LogP contribution in [-0.2, 0) is 5.75 Å². The summed E-state index contributed by atoms with van der Waals surface area (Å²) in [5.74, 6) is 1.78. The number of aromatic nitrogens is 3. The molecule has 0 atom stereocenters. The van der Waals surface area contributed by atoms with Crippen molar-refractivity contribution in [1.82, 2.24) is 14.3 Å². The summed E-state index contributed by atoms with van der Waals surface area (Å²) < 4.78 is 4.95. The number of nitrogens with one attached hydrogen (secondary N) is 1. The number of anilines is 1. The number of hydrogen-bond acceptors (Lipinski definition) is 6. The second-order valence-corrected chi connectivity index (χ2v) is 5.44. The zero-order chi connectivity index (χ0) is 11.9. The number of nitrogens with zero attached hydrogens (tertiary/aromatic N) is 3. The van der Waals surface area contributed by atoms with Gasteiger partial charge in [0, 0.05) is 12.3 Å². The monoisotopic (exact) mass is 266 g/mol. The highest BCUT2D eigenvalue weighted by molar-refractivity contribution is 8.00. The lowest BCUT2D eigenvalue weighted by atomic mass is 10.3. The fraction of sp³-hybridized carbons (Fsp3) is 0.364. The van der Waals surface area contributed by atoms with Crippen molar-refractivity contribution in [1.29, 1.82) is 0 Å². The molecule has 17 heavy (non-hydrogen) atoms. The van der Waals surface area contributed by atoms with Crippen LogP contribution in [0.5, 0.6) is 0 Å². The minimum atomic E-state index is 0.830. The van der Waals surface area contributed by atoms with Crippen molar-refractivity contribution in [2.45, 2.75) is 23.4 Å². The number of pyridine rings is 1. The molecule has 2 aromatic heterocycles. The molecule has 0 aliphatic rings. The van der Waals surface area contributed by atoms with Gasteiger partial charge in [0.2, 0.25) is 0 Å². The van der Waals surface area contributed by atoms with Gasteiger partial charge in [-0.3, -0.25) is 0 Å². The van der Waals surface area contributed by atoms with Gasteiger partial charge in [-0.1, -0.05) is 24.8 Å². The van der Waals surface area contributed by atoms with Gasteiger partial charge in [0.1, 0.15) is 12.1 Å². The van der Waals surface area contributed by atoms with E-state index in [1.54, 1.807) is 18.1 Å². The smallest absolute Gasteiger partial charge is 0.170 e. The van der Waals surface area contributed by atoms with Crippen LogP contribution in [0.4, 0.5) is 5.82 Å². The topological polar surface area (TPSA) is 50.7 Å². The summed E-state index contributed by atoms with van der Waals surface area (Å²) in [6, 6.07) is 6.06. The summed E-state index contributed by atoms with van der Waals surface area (Å²) in [7, 11) is 0. The number of hydrogen-bond donors (Lipinski definition) is 1. The molecule has 1 N–H and O–H groups in total. The van der Waals surface area contributed by atoms with E-state index < -0.39 is 0 Å². The molecule has 2 aromatic rings. The largest absolute Gasteiger partial charge is 0.370 e. The molecule has 0 aliphatic carbocycles. The molecule has 0 spiro atoms. The minimum Gasteiger partial charge on any atom is -0.370 e. The molecule has 0 amide bonds. The molecule has 0 aromatic carbocycles. The SMILES string of the molecule is CCCNc1cccc(CSc2ncns2)n1. The first-order valence-electron chi connectivity index (χ1n) is 5.47. The van der Waals surface area contributed by atoms with Gasteiger partial charge in [-0.25, -0.2) is 9.97 Å². The Balaban J connectivity index is 1.91. The Morgan fingerprint density at radius 3 is 3.12 bits per heavy atom. The zero-order valence-electron chi connectivity index (χ0n) is 9.59. The molecule has 90 valence electrons. The van der Waals surface area contributed by atoms with Gasteiger partial charge >= 0.3 is 0 Å². The van der Waals surface area contributed by atoms with Crippen LogP contribution in [-0.4, -0.2) is 20.9 Å². The first-order valence-corrected chi connectivity index (χ1v) is 7.23. The van der Waals surface area contributed by atoms with Gasteiger partial charge in [0.05, 0.1) is 5.69 Å². The van der Waals surface area contributed by atoms with E-state index >= 15 is 0 Å². The van der Waals surface area contributed by atoms with Crippen LogP contribution in [0, 0.1) is 0 Å². The van der Waals surface area contributed by atoms with E-state index in [0.29, 0.717) is 0 Å². The molecule has 0 saturated carbocycles. The van der Waals surface area contributed by atoms with Gasteiger partial charge < -0.3 is 5.32 Å². The van der Waals surface area contributed by atoms with Crippen LogP contribution in [0.1, 0.15) is 19.0 Å². The van der Waals surface area contributed by atoms with Gasteiger partial charge in [-0.15, -0.1) is 0 Å². The van der Waals surface area contributed by atoms with Crippen LogP contribution in [0.25, 0.3) is 0 Å². The van der Waals surface area contributed by atoms with Crippen molar-refractivity contribution < 1.29 is 0 Å². The number of thioether (sulfide) groups is 1. The lowest BCUT2D eigenvalue weighted by Crippen LogP contribution is -2.02. The molecule has 0 unspecified atom stereocenters. The lowest BCUT2D eigenvalue weighted by molar-refractivity contribution is 0.965. The zero-order valence-corrected chi connectivity index (χ0v) is 11.2. The second kappa shape index (κ2) is 6.56. The van der Waals surface area contributed by atoms with Crippen LogP contribution >= 0.6 is 23.3 Å². The highest BCUT2D eigenvalue weighted by Crippen LogP contribution is 2.22. The molecule has 0 aliphatic heterocycles. The van der Waals surface area contributed by atoms with E-state index in [4.69, 9.17) is 0 Å². The maximum absolute atomic E-state index is 4.53. The van der Waals surface area contributed by atoms with E-state index in [0.717, 1.165) is 34.6 Å². The maximum Gasteiger partial charge on any atom is 0.170 e. The fourth-order valence-corrected chi connectivity index (χ4v) is 2.62. The molecule has 4 nitrogen and oxygen atoms in total. The molecule has 0 radical (unpaired) electrons. The van der Waals surface area contributed by atoms with Gasteiger partial charge in [0.15, 0.2) is 4.34 Å². The highest BCUT2D eigenvalue weighted by atomic mass is 32.2. The van der Waals surface area contributed by atoms with E-state index in [-0.39, 0.29) is 0 Å². The molecule has 0 fully saturated rings. The third kappa shape index (κ3) is 3.98. The summed E-state index contributed by atoms with van der Waals surface area (Å²) in [5.41, 5.74) is 1.06. The predicted molar refractivity (Wildman–Crippen MR) is 72.5 cm³/mol. The Morgan fingerprint density at radius 1 is 1.41 bits per heavy atom. The Kier molecular flexibility index (Phi) is 4.75. The quantitative estimate of drug-likeness (QED) is 0.814. The van der Waals surface area contributed by atoms with E-state index in [9.17, 15) is 0 Å². The van der Waals surface area contributed by atoms with Crippen molar-refractivity contribution >= 4 is 29.1 Å². The van der Waals surface area contributed by atoms with Crippen LogP contribution in [0.3, 0.4) is 0 Å². The Labute approximate surface area is 109 Å². The molecule has 6 heteroatoms. The van der Waals surface area contributed by atoms with Gasteiger partial charge in [-0.2, -0.15) is 4.37 Å². The van der Waals surface area contributed by atoms with Crippen molar-refractivity contribution in [3.63, 3.8) is 0 Å². The first kappa shape index (κ1) is 12.3. The second-order valence-electron chi connectivity index (χ2n) is 3.44. The van der Waals surface area contributed by atoms with Crippen molar-refractivity contribution in [3.8, 4) is 0 Å².